The minimum atomic E-state index is -0.668. The number of nitrogens with one attached hydrogen (secondary N) is 1. The first-order valence-electron chi connectivity index (χ1n) is 10.6. The van der Waals surface area contributed by atoms with Crippen LogP contribution in [0.4, 0.5) is 8.78 Å². The molecule has 1 saturated carbocycles. The summed E-state index contributed by atoms with van der Waals surface area (Å²) in [4.78, 5) is 26.6. The van der Waals surface area contributed by atoms with Gasteiger partial charge in [0, 0.05) is 36.0 Å². The van der Waals surface area contributed by atoms with Crippen molar-refractivity contribution in [3.63, 3.8) is 0 Å². The summed E-state index contributed by atoms with van der Waals surface area (Å²) < 4.78 is 30.5. The fourth-order valence-corrected chi connectivity index (χ4v) is 4.50. The van der Waals surface area contributed by atoms with Crippen molar-refractivity contribution >= 4 is 17.5 Å². The fourth-order valence-electron chi connectivity index (χ4n) is 4.34. The monoisotopic (exact) mass is 458 g/mol. The average molecular weight is 459 g/mol. The van der Waals surface area contributed by atoms with Crippen molar-refractivity contribution in [3.05, 3.63) is 69.4 Å². The molecule has 1 N–H and O–H groups in total. The van der Waals surface area contributed by atoms with Crippen LogP contribution in [0.5, 0.6) is 0 Å². The second-order valence-corrected chi connectivity index (χ2v) is 8.92. The minimum absolute atomic E-state index is 0.0424. The van der Waals surface area contributed by atoms with E-state index in [0.717, 1.165) is 19.3 Å². The first-order chi connectivity index (χ1) is 15.4. The summed E-state index contributed by atoms with van der Waals surface area (Å²) in [6.07, 6.45) is 3.19. The van der Waals surface area contributed by atoms with Crippen LogP contribution in [0.1, 0.15) is 25.1 Å². The van der Waals surface area contributed by atoms with Gasteiger partial charge in [-0.15, -0.1) is 0 Å². The van der Waals surface area contributed by atoms with Crippen LogP contribution < -0.4 is 5.69 Å². The van der Waals surface area contributed by atoms with Crippen molar-refractivity contribution in [1.82, 2.24) is 19.7 Å². The Labute approximate surface area is 187 Å². The molecule has 0 bridgehead atoms. The van der Waals surface area contributed by atoms with E-state index in [2.05, 4.69) is 10.2 Å². The lowest BCUT2D eigenvalue weighted by Crippen LogP contribution is -2.30. The summed E-state index contributed by atoms with van der Waals surface area (Å²) in [5, 5.41) is 6.75. The van der Waals surface area contributed by atoms with E-state index in [-0.39, 0.29) is 34.0 Å². The maximum absolute atomic E-state index is 15.0. The highest BCUT2D eigenvalue weighted by molar-refractivity contribution is 6.30. The van der Waals surface area contributed by atoms with E-state index in [1.54, 1.807) is 6.07 Å². The number of H-pyrrole nitrogens is 1. The van der Waals surface area contributed by atoms with Gasteiger partial charge < -0.3 is 4.90 Å². The van der Waals surface area contributed by atoms with E-state index in [0.29, 0.717) is 30.9 Å². The lowest BCUT2D eigenvalue weighted by molar-refractivity contribution is -0.131. The van der Waals surface area contributed by atoms with Crippen LogP contribution in [0, 0.1) is 23.5 Å². The van der Waals surface area contributed by atoms with Crippen LogP contribution in [-0.4, -0.2) is 38.7 Å². The van der Waals surface area contributed by atoms with Gasteiger partial charge in [-0.25, -0.2) is 23.2 Å². The van der Waals surface area contributed by atoms with Gasteiger partial charge in [0.1, 0.15) is 17.5 Å². The highest BCUT2D eigenvalue weighted by Gasteiger charge is 2.37. The third kappa shape index (κ3) is 3.95. The highest BCUT2D eigenvalue weighted by Crippen LogP contribution is 2.33. The number of likely N-dealkylation sites (tertiary alicyclic amines) is 1. The number of carbonyl (C=O) groups is 1. The summed E-state index contributed by atoms with van der Waals surface area (Å²) in [6, 6.07) is 8.37. The maximum atomic E-state index is 15.0. The molecular weight excluding hydrogens is 438 g/mol. The number of aromatic nitrogens is 3. The summed E-state index contributed by atoms with van der Waals surface area (Å²) in [6.45, 7) is 1.32. The van der Waals surface area contributed by atoms with Gasteiger partial charge in [-0.3, -0.25) is 4.79 Å². The minimum Gasteiger partial charge on any atom is -0.342 e. The molecule has 3 aromatic rings. The van der Waals surface area contributed by atoms with Gasteiger partial charge in [0.25, 0.3) is 0 Å². The average Bonchev–Trinajstić information content (AvgIpc) is 3.41. The molecular formula is C23H21ClF2N4O2. The Morgan fingerprint density at radius 3 is 2.66 bits per heavy atom. The zero-order valence-electron chi connectivity index (χ0n) is 17.2. The number of halogens is 3. The van der Waals surface area contributed by atoms with Crippen LogP contribution in [-0.2, 0) is 11.2 Å². The summed E-state index contributed by atoms with van der Waals surface area (Å²) >= 11 is 5.79. The van der Waals surface area contributed by atoms with Gasteiger partial charge in [0.15, 0.2) is 0 Å². The van der Waals surface area contributed by atoms with E-state index in [1.165, 1.54) is 34.9 Å². The molecule has 32 heavy (non-hydrogen) atoms. The number of rotatable bonds is 5. The lowest BCUT2D eigenvalue weighted by Gasteiger charge is -2.16. The van der Waals surface area contributed by atoms with Crippen LogP contribution in [0.25, 0.3) is 16.8 Å². The van der Waals surface area contributed by atoms with Gasteiger partial charge in [-0.05, 0) is 61.1 Å². The Morgan fingerprint density at radius 1 is 1.12 bits per heavy atom. The smallest absolute Gasteiger partial charge is 0.342 e. The van der Waals surface area contributed by atoms with E-state index in [4.69, 9.17) is 11.6 Å². The first-order valence-corrected chi connectivity index (χ1v) is 11.0. The van der Waals surface area contributed by atoms with Gasteiger partial charge in [0.2, 0.25) is 5.91 Å². The molecule has 166 valence electrons. The number of benzene rings is 2. The predicted octanol–water partition coefficient (Wildman–Crippen LogP) is 3.96. The Hall–Kier alpha value is -3.00. The van der Waals surface area contributed by atoms with E-state index in [1.807, 2.05) is 4.90 Å². The molecule has 1 saturated heterocycles. The summed E-state index contributed by atoms with van der Waals surface area (Å²) in [5.74, 6) is -0.281. The van der Waals surface area contributed by atoms with Gasteiger partial charge >= 0.3 is 5.69 Å². The molecule has 9 heteroatoms. The summed E-state index contributed by atoms with van der Waals surface area (Å²) in [7, 11) is 0. The van der Waals surface area contributed by atoms with E-state index < -0.39 is 17.3 Å². The van der Waals surface area contributed by atoms with Crippen molar-refractivity contribution in [2.45, 2.75) is 25.7 Å². The number of amides is 1. The van der Waals surface area contributed by atoms with Crippen LogP contribution >= 0.6 is 11.6 Å². The van der Waals surface area contributed by atoms with E-state index >= 15 is 4.39 Å². The number of aromatic amines is 1. The normalized spacial score (nSPS) is 18.3. The molecule has 2 aliphatic rings. The summed E-state index contributed by atoms with van der Waals surface area (Å²) in [5.41, 5.74) is 0.0449. The molecule has 2 fully saturated rings. The molecule has 1 aliphatic carbocycles. The molecule has 1 aliphatic heterocycles. The molecule has 2 aromatic carbocycles. The third-order valence-electron chi connectivity index (χ3n) is 6.17. The van der Waals surface area contributed by atoms with Crippen molar-refractivity contribution in [2.75, 3.05) is 13.1 Å². The number of carbonyl (C=O) groups excluding carboxylic acids is 1. The van der Waals surface area contributed by atoms with E-state index in [9.17, 15) is 14.0 Å². The standard InChI is InChI=1S/C23H21ClF2N4O2/c24-16-4-5-17(18(25)11-16)15-3-6-20(19(26)10-15)30-21(27-28-23(30)32)9-13-7-8-29(12-13)22(31)14-1-2-14/h3-6,10-11,13-14H,1-2,7-9,12H2,(H,28,32). The third-order valence-corrected chi connectivity index (χ3v) is 6.40. The zero-order chi connectivity index (χ0) is 22.4. The Bertz CT molecular complexity index is 1250. The Balaban J connectivity index is 1.39. The Kier molecular flexibility index (Phi) is 5.33. The second kappa shape index (κ2) is 8.16. The van der Waals surface area contributed by atoms with Gasteiger partial charge in [-0.2, -0.15) is 5.10 Å². The first kappa shape index (κ1) is 20.9. The van der Waals surface area contributed by atoms with Crippen molar-refractivity contribution in [3.8, 4) is 16.8 Å². The number of nitrogens with zero attached hydrogens (tertiary/aromatic N) is 3. The predicted molar refractivity (Wildman–Crippen MR) is 116 cm³/mol. The fraction of sp³-hybridized carbons (Fsp3) is 0.348. The van der Waals surface area contributed by atoms with Crippen LogP contribution in [0.2, 0.25) is 5.02 Å². The largest absolute Gasteiger partial charge is 0.348 e. The number of hydrogen-bond donors (Lipinski definition) is 1. The highest BCUT2D eigenvalue weighted by atomic mass is 35.5. The van der Waals surface area contributed by atoms with Gasteiger partial charge in [0.05, 0.1) is 5.69 Å². The molecule has 1 atom stereocenters. The van der Waals surface area contributed by atoms with Crippen LogP contribution in [0.15, 0.2) is 41.2 Å². The lowest BCUT2D eigenvalue weighted by atomic mass is 10.0. The van der Waals surface area contributed by atoms with Crippen molar-refractivity contribution < 1.29 is 13.6 Å². The Morgan fingerprint density at radius 2 is 1.94 bits per heavy atom. The van der Waals surface area contributed by atoms with Crippen molar-refractivity contribution in [1.29, 1.82) is 0 Å². The second-order valence-electron chi connectivity index (χ2n) is 8.49. The molecule has 5 rings (SSSR count). The van der Waals surface area contributed by atoms with Crippen molar-refractivity contribution in [2.24, 2.45) is 11.8 Å². The SMILES string of the molecule is O=C(C1CC1)N1CCC(Cc2n[nH]c(=O)n2-c2ccc(-c3ccc(Cl)cc3F)cc2F)C1. The molecule has 2 heterocycles. The molecule has 6 nitrogen and oxygen atoms in total. The zero-order valence-corrected chi connectivity index (χ0v) is 17.9. The number of hydrogen-bond acceptors (Lipinski definition) is 3. The maximum Gasteiger partial charge on any atom is 0.348 e. The molecule has 0 spiro atoms. The molecule has 0 radical (unpaired) electrons. The van der Waals surface area contributed by atoms with Crippen LogP contribution in [0.3, 0.4) is 0 Å². The quantitative estimate of drug-likeness (QED) is 0.629. The molecule has 1 amide bonds. The topological polar surface area (TPSA) is 71.0 Å². The molecule has 1 aromatic heterocycles. The van der Waals surface area contributed by atoms with Gasteiger partial charge in [-0.1, -0.05) is 17.7 Å². The molecule has 1 unspecified atom stereocenters.